The Morgan fingerprint density at radius 1 is 1.44 bits per heavy atom. The van der Waals surface area contributed by atoms with Gasteiger partial charge in [0.1, 0.15) is 0 Å². The van der Waals surface area contributed by atoms with Crippen molar-refractivity contribution in [1.82, 2.24) is 4.90 Å². The molecule has 0 aromatic rings. The summed E-state index contributed by atoms with van der Waals surface area (Å²) < 4.78 is 5.25. The zero-order valence-electron chi connectivity index (χ0n) is 10.7. The lowest BCUT2D eigenvalue weighted by Gasteiger charge is -2.52. The summed E-state index contributed by atoms with van der Waals surface area (Å²) in [6.07, 6.45) is 6.73. The predicted octanol–water partition coefficient (Wildman–Crippen LogP) is 1.61. The number of rotatable bonds is 7. The summed E-state index contributed by atoms with van der Waals surface area (Å²) in [5.74, 6) is 0.917. The maximum Gasteiger partial charge on any atom is 0.0590 e. The van der Waals surface area contributed by atoms with E-state index in [2.05, 4.69) is 11.8 Å². The van der Waals surface area contributed by atoms with E-state index in [0.717, 1.165) is 25.6 Å². The highest BCUT2D eigenvalue weighted by Crippen LogP contribution is 2.43. The third-order valence-electron chi connectivity index (χ3n) is 4.61. The van der Waals surface area contributed by atoms with Gasteiger partial charge in [-0.05, 0) is 44.9 Å². The lowest BCUT2D eigenvalue weighted by molar-refractivity contribution is -0.0267. The van der Waals surface area contributed by atoms with Gasteiger partial charge in [0.15, 0.2) is 0 Å². The topological polar surface area (TPSA) is 38.5 Å². The van der Waals surface area contributed by atoms with Gasteiger partial charge < -0.3 is 10.5 Å². The first kappa shape index (κ1) is 12.3. The molecule has 94 valence electrons. The van der Waals surface area contributed by atoms with Crippen molar-refractivity contribution in [2.45, 2.75) is 50.6 Å². The predicted molar refractivity (Wildman–Crippen MR) is 66.4 cm³/mol. The standard InChI is InChI=1S/C13H26N2O/c1-11(12-4-5-12)15(8-9-16-2)13(10-14)6-3-7-13/h11-12H,3-10,14H2,1-2H3. The molecule has 2 aliphatic carbocycles. The fourth-order valence-electron chi connectivity index (χ4n) is 3.09. The van der Waals surface area contributed by atoms with Crippen LogP contribution >= 0.6 is 0 Å². The maximum atomic E-state index is 6.02. The summed E-state index contributed by atoms with van der Waals surface area (Å²) in [7, 11) is 1.79. The maximum absolute atomic E-state index is 6.02. The molecular formula is C13H26N2O. The fraction of sp³-hybridized carbons (Fsp3) is 1.00. The lowest BCUT2D eigenvalue weighted by atomic mass is 9.74. The summed E-state index contributed by atoms with van der Waals surface area (Å²) in [5, 5.41) is 0. The summed E-state index contributed by atoms with van der Waals surface area (Å²) in [4.78, 5) is 2.65. The number of ether oxygens (including phenoxy) is 1. The van der Waals surface area contributed by atoms with Crippen LogP contribution in [-0.4, -0.2) is 43.3 Å². The lowest BCUT2D eigenvalue weighted by Crippen LogP contribution is -2.62. The fourth-order valence-corrected chi connectivity index (χ4v) is 3.09. The van der Waals surface area contributed by atoms with E-state index >= 15 is 0 Å². The largest absolute Gasteiger partial charge is 0.383 e. The SMILES string of the molecule is COCCN(C(C)C1CC1)C1(CN)CCC1. The zero-order valence-corrected chi connectivity index (χ0v) is 10.7. The van der Waals surface area contributed by atoms with Crippen LogP contribution in [0.4, 0.5) is 0 Å². The second-order valence-corrected chi connectivity index (χ2v) is 5.55. The molecule has 2 saturated carbocycles. The first-order valence-corrected chi connectivity index (χ1v) is 6.69. The highest BCUT2D eigenvalue weighted by atomic mass is 16.5. The van der Waals surface area contributed by atoms with E-state index in [9.17, 15) is 0 Å². The average Bonchev–Trinajstić information content (AvgIpc) is 3.04. The summed E-state index contributed by atoms with van der Waals surface area (Å²) in [6.45, 7) is 5.07. The monoisotopic (exact) mass is 226 g/mol. The van der Waals surface area contributed by atoms with E-state index in [4.69, 9.17) is 10.5 Å². The van der Waals surface area contributed by atoms with Crippen molar-refractivity contribution in [2.24, 2.45) is 11.7 Å². The van der Waals surface area contributed by atoms with Gasteiger partial charge in [0.25, 0.3) is 0 Å². The van der Waals surface area contributed by atoms with Crippen molar-refractivity contribution >= 4 is 0 Å². The van der Waals surface area contributed by atoms with Crippen LogP contribution in [0.1, 0.15) is 39.0 Å². The number of hydrogen-bond donors (Lipinski definition) is 1. The van der Waals surface area contributed by atoms with E-state index in [1.807, 2.05) is 0 Å². The van der Waals surface area contributed by atoms with Crippen molar-refractivity contribution in [1.29, 1.82) is 0 Å². The van der Waals surface area contributed by atoms with Crippen LogP contribution in [0.2, 0.25) is 0 Å². The number of nitrogens with two attached hydrogens (primary N) is 1. The Morgan fingerprint density at radius 2 is 2.12 bits per heavy atom. The molecule has 2 rings (SSSR count). The first-order valence-electron chi connectivity index (χ1n) is 6.69. The van der Waals surface area contributed by atoms with Gasteiger partial charge in [0.05, 0.1) is 6.61 Å². The molecule has 2 N–H and O–H groups in total. The quantitative estimate of drug-likeness (QED) is 0.717. The van der Waals surface area contributed by atoms with Crippen molar-refractivity contribution in [3.63, 3.8) is 0 Å². The Bertz CT molecular complexity index is 218. The highest BCUT2D eigenvalue weighted by molar-refractivity contribution is 5.02. The van der Waals surface area contributed by atoms with Gasteiger partial charge in [-0.1, -0.05) is 0 Å². The minimum absolute atomic E-state index is 0.306. The van der Waals surface area contributed by atoms with Crippen LogP contribution in [-0.2, 0) is 4.74 Å². The molecule has 0 amide bonds. The van der Waals surface area contributed by atoms with Gasteiger partial charge in [-0.2, -0.15) is 0 Å². The first-order chi connectivity index (χ1) is 7.73. The van der Waals surface area contributed by atoms with Gasteiger partial charge in [0, 0.05) is 31.8 Å². The number of hydrogen-bond acceptors (Lipinski definition) is 3. The van der Waals surface area contributed by atoms with Crippen molar-refractivity contribution < 1.29 is 4.74 Å². The molecule has 3 heteroatoms. The van der Waals surface area contributed by atoms with Crippen LogP contribution in [0, 0.1) is 5.92 Å². The molecule has 3 nitrogen and oxygen atoms in total. The van der Waals surface area contributed by atoms with Crippen LogP contribution in [0.3, 0.4) is 0 Å². The second-order valence-electron chi connectivity index (χ2n) is 5.55. The number of methoxy groups -OCH3 is 1. The van der Waals surface area contributed by atoms with Gasteiger partial charge in [-0.25, -0.2) is 0 Å². The summed E-state index contributed by atoms with van der Waals surface area (Å²) >= 11 is 0. The highest BCUT2D eigenvalue weighted by Gasteiger charge is 2.46. The molecule has 0 saturated heterocycles. The van der Waals surface area contributed by atoms with Crippen LogP contribution in [0.25, 0.3) is 0 Å². The van der Waals surface area contributed by atoms with Crippen molar-refractivity contribution in [3.8, 4) is 0 Å². The Hall–Kier alpha value is -0.120. The molecule has 0 aromatic heterocycles. The Labute approximate surface area is 99.3 Å². The van der Waals surface area contributed by atoms with E-state index in [0.29, 0.717) is 11.6 Å². The summed E-state index contributed by atoms with van der Waals surface area (Å²) in [6, 6.07) is 0.694. The van der Waals surface area contributed by atoms with Crippen LogP contribution in [0.5, 0.6) is 0 Å². The minimum atomic E-state index is 0.306. The molecule has 2 aliphatic rings. The van der Waals surface area contributed by atoms with E-state index in [1.165, 1.54) is 32.1 Å². The van der Waals surface area contributed by atoms with Gasteiger partial charge in [-0.15, -0.1) is 0 Å². The molecule has 0 radical (unpaired) electrons. The molecule has 0 heterocycles. The molecule has 16 heavy (non-hydrogen) atoms. The van der Waals surface area contributed by atoms with Crippen molar-refractivity contribution in [3.05, 3.63) is 0 Å². The number of nitrogens with zero attached hydrogens (tertiary/aromatic N) is 1. The van der Waals surface area contributed by atoms with E-state index < -0.39 is 0 Å². The molecule has 0 spiro atoms. The van der Waals surface area contributed by atoms with Crippen LogP contribution < -0.4 is 5.73 Å². The normalized spacial score (nSPS) is 25.5. The smallest absolute Gasteiger partial charge is 0.0590 e. The van der Waals surface area contributed by atoms with E-state index in [1.54, 1.807) is 7.11 Å². The third kappa shape index (κ3) is 2.27. The second kappa shape index (κ2) is 5.03. The van der Waals surface area contributed by atoms with Crippen LogP contribution in [0.15, 0.2) is 0 Å². The molecule has 0 aliphatic heterocycles. The Morgan fingerprint density at radius 3 is 2.50 bits per heavy atom. The molecule has 0 bridgehead atoms. The average molecular weight is 226 g/mol. The Kier molecular flexibility index (Phi) is 3.88. The van der Waals surface area contributed by atoms with Gasteiger partial charge in [0.2, 0.25) is 0 Å². The molecular weight excluding hydrogens is 200 g/mol. The molecule has 2 fully saturated rings. The molecule has 0 aromatic carbocycles. The Balaban J connectivity index is 2.00. The van der Waals surface area contributed by atoms with E-state index in [-0.39, 0.29) is 0 Å². The van der Waals surface area contributed by atoms with Gasteiger partial charge >= 0.3 is 0 Å². The third-order valence-corrected chi connectivity index (χ3v) is 4.61. The van der Waals surface area contributed by atoms with Crippen molar-refractivity contribution in [2.75, 3.05) is 26.8 Å². The minimum Gasteiger partial charge on any atom is -0.383 e. The zero-order chi connectivity index (χ0) is 11.6. The molecule has 1 atom stereocenters. The molecule has 1 unspecified atom stereocenters. The summed E-state index contributed by atoms with van der Waals surface area (Å²) in [5.41, 5.74) is 6.32. The van der Waals surface area contributed by atoms with Gasteiger partial charge in [-0.3, -0.25) is 4.90 Å².